The molecule has 0 amide bonds. The van der Waals surface area contributed by atoms with E-state index in [9.17, 15) is 13.5 Å². The quantitative estimate of drug-likeness (QED) is 0.859. The molecule has 1 atom stereocenters. The van der Waals surface area contributed by atoms with Crippen molar-refractivity contribution in [3.63, 3.8) is 0 Å². The van der Waals surface area contributed by atoms with Crippen molar-refractivity contribution in [1.29, 1.82) is 0 Å². The topological polar surface area (TPSA) is 75.4 Å². The standard InChI is InChI=1S/C11H19N3O3S/c1-3-13-7-11(12-9(13)2)18(16,17)14-6-4-5-10(14)8-15/h7,10,15H,3-6,8H2,1-2H3/t10-/m1/s1. The molecule has 0 bridgehead atoms. The molecule has 0 aliphatic carbocycles. The second-order valence-corrected chi connectivity index (χ2v) is 6.34. The molecule has 0 saturated carbocycles. The van der Waals surface area contributed by atoms with Crippen molar-refractivity contribution in [2.75, 3.05) is 13.2 Å². The summed E-state index contributed by atoms with van der Waals surface area (Å²) in [4.78, 5) is 4.12. The lowest BCUT2D eigenvalue weighted by atomic mass is 10.2. The average molecular weight is 273 g/mol. The van der Waals surface area contributed by atoms with Crippen LogP contribution >= 0.6 is 0 Å². The van der Waals surface area contributed by atoms with Gasteiger partial charge in [-0.15, -0.1) is 0 Å². The molecular formula is C11H19N3O3S. The molecule has 1 aromatic rings. The lowest BCUT2D eigenvalue weighted by Crippen LogP contribution is -2.37. The van der Waals surface area contributed by atoms with Crippen LogP contribution in [0.15, 0.2) is 11.2 Å². The Hall–Kier alpha value is -0.920. The van der Waals surface area contributed by atoms with Crippen LogP contribution in [-0.4, -0.2) is 46.6 Å². The van der Waals surface area contributed by atoms with Crippen molar-refractivity contribution in [2.45, 2.75) is 44.3 Å². The Morgan fingerprint density at radius 3 is 2.83 bits per heavy atom. The highest BCUT2D eigenvalue weighted by molar-refractivity contribution is 7.89. The molecule has 1 fully saturated rings. The summed E-state index contributed by atoms with van der Waals surface area (Å²) < 4.78 is 28.0. The number of aromatic nitrogens is 2. The molecule has 18 heavy (non-hydrogen) atoms. The van der Waals surface area contributed by atoms with E-state index in [1.165, 1.54) is 4.31 Å². The van der Waals surface area contributed by atoms with E-state index in [0.29, 0.717) is 25.3 Å². The summed E-state index contributed by atoms with van der Waals surface area (Å²) in [5.74, 6) is 0.691. The highest BCUT2D eigenvalue weighted by Gasteiger charge is 2.36. The molecule has 1 saturated heterocycles. The van der Waals surface area contributed by atoms with Crippen molar-refractivity contribution in [3.05, 3.63) is 12.0 Å². The highest BCUT2D eigenvalue weighted by Crippen LogP contribution is 2.25. The molecule has 1 N–H and O–H groups in total. The van der Waals surface area contributed by atoms with Crippen molar-refractivity contribution < 1.29 is 13.5 Å². The van der Waals surface area contributed by atoms with Crippen LogP contribution in [0.25, 0.3) is 0 Å². The van der Waals surface area contributed by atoms with E-state index in [1.54, 1.807) is 17.7 Å². The van der Waals surface area contributed by atoms with Crippen LogP contribution in [0.1, 0.15) is 25.6 Å². The summed E-state index contributed by atoms with van der Waals surface area (Å²) in [6.45, 7) is 4.75. The van der Waals surface area contributed by atoms with E-state index in [0.717, 1.165) is 6.42 Å². The van der Waals surface area contributed by atoms with Gasteiger partial charge in [0.1, 0.15) is 5.82 Å². The van der Waals surface area contributed by atoms with E-state index in [2.05, 4.69) is 4.98 Å². The molecule has 0 unspecified atom stereocenters. The fourth-order valence-corrected chi connectivity index (χ4v) is 4.03. The van der Waals surface area contributed by atoms with E-state index in [4.69, 9.17) is 0 Å². The largest absolute Gasteiger partial charge is 0.395 e. The minimum atomic E-state index is -3.57. The SMILES string of the molecule is CCn1cc(S(=O)(=O)N2CCC[C@@H]2CO)nc1C. The Kier molecular flexibility index (Phi) is 3.74. The minimum Gasteiger partial charge on any atom is -0.395 e. The van der Waals surface area contributed by atoms with Crippen LogP contribution in [0.5, 0.6) is 0 Å². The molecule has 0 radical (unpaired) electrons. The Bertz CT molecular complexity index is 524. The van der Waals surface area contributed by atoms with Gasteiger partial charge in [0, 0.05) is 25.3 Å². The van der Waals surface area contributed by atoms with Crippen molar-refractivity contribution in [3.8, 4) is 0 Å². The highest BCUT2D eigenvalue weighted by atomic mass is 32.2. The Morgan fingerprint density at radius 1 is 1.56 bits per heavy atom. The summed E-state index contributed by atoms with van der Waals surface area (Å²) >= 11 is 0. The Morgan fingerprint density at radius 2 is 2.28 bits per heavy atom. The molecular weight excluding hydrogens is 254 g/mol. The summed E-state index contributed by atoms with van der Waals surface area (Å²) in [5, 5.41) is 9.31. The maximum atomic E-state index is 12.4. The van der Waals surface area contributed by atoms with Crippen LogP contribution in [0.4, 0.5) is 0 Å². The van der Waals surface area contributed by atoms with Crippen LogP contribution < -0.4 is 0 Å². The van der Waals surface area contributed by atoms with Crippen LogP contribution in [-0.2, 0) is 16.6 Å². The number of rotatable bonds is 4. The number of hydrogen-bond donors (Lipinski definition) is 1. The molecule has 2 rings (SSSR count). The normalized spacial score (nSPS) is 21.6. The van der Waals surface area contributed by atoms with Gasteiger partial charge in [-0.1, -0.05) is 0 Å². The fourth-order valence-electron chi connectivity index (χ4n) is 2.35. The van der Waals surface area contributed by atoms with Gasteiger partial charge in [-0.2, -0.15) is 4.31 Å². The second-order valence-electron chi connectivity index (χ2n) is 4.51. The monoisotopic (exact) mass is 273 g/mol. The maximum absolute atomic E-state index is 12.4. The van der Waals surface area contributed by atoms with Gasteiger partial charge in [-0.3, -0.25) is 0 Å². The Labute approximate surface area is 107 Å². The van der Waals surface area contributed by atoms with Crippen LogP contribution in [0.2, 0.25) is 0 Å². The summed E-state index contributed by atoms with van der Waals surface area (Å²) in [6.07, 6.45) is 3.07. The Balaban J connectivity index is 2.35. The van der Waals surface area contributed by atoms with E-state index < -0.39 is 10.0 Å². The smallest absolute Gasteiger partial charge is 0.262 e. The first-order valence-electron chi connectivity index (χ1n) is 6.17. The second kappa shape index (κ2) is 4.99. The van der Waals surface area contributed by atoms with Gasteiger partial charge < -0.3 is 9.67 Å². The molecule has 2 heterocycles. The number of hydrogen-bond acceptors (Lipinski definition) is 4. The number of sulfonamides is 1. The predicted octanol–water partition coefficient (Wildman–Crippen LogP) is 0.357. The first-order chi connectivity index (χ1) is 8.50. The first kappa shape index (κ1) is 13.5. The third kappa shape index (κ3) is 2.17. The van der Waals surface area contributed by atoms with E-state index in [-0.39, 0.29) is 17.7 Å². The summed E-state index contributed by atoms with van der Waals surface area (Å²) in [7, 11) is -3.57. The first-order valence-corrected chi connectivity index (χ1v) is 7.61. The molecule has 6 nitrogen and oxygen atoms in total. The lowest BCUT2D eigenvalue weighted by molar-refractivity contribution is 0.213. The molecule has 1 aliphatic heterocycles. The van der Waals surface area contributed by atoms with Crippen LogP contribution in [0.3, 0.4) is 0 Å². The van der Waals surface area contributed by atoms with Gasteiger partial charge in [0.05, 0.1) is 6.61 Å². The number of aliphatic hydroxyl groups excluding tert-OH is 1. The van der Waals surface area contributed by atoms with Crippen molar-refractivity contribution in [1.82, 2.24) is 13.9 Å². The average Bonchev–Trinajstić information content (AvgIpc) is 2.94. The van der Waals surface area contributed by atoms with Crippen LogP contribution in [0, 0.1) is 6.92 Å². The lowest BCUT2D eigenvalue weighted by Gasteiger charge is -2.20. The zero-order chi connectivity index (χ0) is 13.3. The van der Waals surface area contributed by atoms with Gasteiger partial charge >= 0.3 is 0 Å². The van der Waals surface area contributed by atoms with E-state index in [1.807, 2.05) is 6.92 Å². The molecule has 7 heteroatoms. The van der Waals surface area contributed by atoms with E-state index >= 15 is 0 Å². The molecule has 102 valence electrons. The maximum Gasteiger partial charge on any atom is 0.262 e. The third-order valence-corrected chi connectivity index (χ3v) is 5.22. The molecule has 1 aliphatic rings. The number of nitrogens with zero attached hydrogens (tertiary/aromatic N) is 3. The molecule has 1 aromatic heterocycles. The van der Waals surface area contributed by atoms with Gasteiger partial charge in [-0.05, 0) is 26.7 Å². The van der Waals surface area contributed by atoms with Gasteiger partial charge in [0.2, 0.25) is 0 Å². The predicted molar refractivity (Wildman–Crippen MR) is 66.6 cm³/mol. The third-order valence-electron chi connectivity index (χ3n) is 3.40. The van der Waals surface area contributed by atoms with Crippen molar-refractivity contribution in [2.24, 2.45) is 0 Å². The zero-order valence-corrected chi connectivity index (χ0v) is 11.5. The molecule has 0 aromatic carbocycles. The molecule has 0 spiro atoms. The summed E-state index contributed by atoms with van der Waals surface area (Å²) in [6, 6.07) is -0.304. The van der Waals surface area contributed by atoms with Gasteiger partial charge in [-0.25, -0.2) is 13.4 Å². The number of aliphatic hydroxyl groups is 1. The van der Waals surface area contributed by atoms with Gasteiger partial charge in [0.25, 0.3) is 10.0 Å². The minimum absolute atomic E-state index is 0.0854. The van der Waals surface area contributed by atoms with Crippen molar-refractivity contribution >= 4 is 10.0 Å². The number of imidazole rings is 1. The number of aryl methyl sites for hydroxylation is 2. The van der Waals surface area contributed by atoms with Gasteiger partial charge in [0.15, 0.2) is 5.03 Å². The zero-order valence-electron chi connectivity index (χ0n) is 10.7. The fraction of sp³-hybridized carbons (Fsp3) is 0.727. The summed E-state index contributed by atoms with van der Waals surface area (Å²) in [5.41, 5.74) is 0.